The van der Waals surface area contributed by atoms with Gasteiger partial charge in [-0.05, 0) is 36.4 Å². The molecule has 0 aliphatic carbocycles. The van der Waals surface area contributed by atoms with E-state index < -0.39 is 0 Å². The third-order valence-corrected chi connectivity index (χ3v) is 5.89. The Morgan fingerprint density at radius 2 is 1.00 bits per heavy atom. The Hall–Kier alpha value is -2.70. The number of benzene rings is 1. The van der Waals surface area contributed by atoms with Crippen LogP contribution < -0.4 is 0 Å². The molecule has 0 atom stereocenters. The summed E-state index contributed by atoms with van der Waals surface area (Å²) in [5.41, 5.74) is 4.23. The lowest BCUT2D eigenvalue weighted by molar-refractivity contribution is 1.32. The molecule has 1 aromatic carbocycles. The van der Waals surface area contributed by atoms with Gasteiger partial charge in [-0.3, -0.25) is 9.97 Å². The van der Waals surface area contributed by atoms with E-state index in [4.69, 9.17) is 9.97 Å². The molecule has 0 fully saturated rings. The second kappa shape index (κ2) is 5.43. The zero-order valence-electron chi connectivity index (χ0n) is 12.4. The Morgan fingerprint density at radius 1 is 0.583 bits per heavy atom. The zero-order valence-corrected chi connectivity index (χ0v) is 14.0. The van der Waals surface area contributed by atoms with Gasteiger partial charge in [0.1, 0.15) is 10.0 Å². The van der Waals surface area contributed by atoms with Crippen molar-refractivity contribution in [2.75, 3.05) is 0 Å². The lowest BCUT2D eigenvalue weighted by Crippen LogP contribution is -1.76. The zero-order chi connectivity index (χ0) is 15.9. The maximum absolute atomic E-state index is 4.77. The largest absolute Gasteiger partial charge is 0.265 e. The maximum atomic E-state index is 4.77. The monoisotopic (exact) mass is 346 g/mol. The molecule has 0 aliphatic rings. The molecular weight excluding hydrogens is 336 g/mol. The molecule has 4 aromatic heterocycles. The van der Waals surface area contributed by atoms with Crippen molar-refractivity contribution in [3.63, 3.8) is 0 Å². The van der Waals surface area contributed by atoms with Gasteiger partial charge in [0, 0.05) is 35.9 Å². The van der Waals surface area contributed by atoms with Gasteiger partial charge in [-0.2, -0.15) is 0 Å². The molecule has 24 heavy (non-hydrogen) atoms. The first-order valence-corrected chi connectivity index (χ1v) is 9.02. The van der Waals surface area contributed by atoms with E-state index in [-0.39, 0.29) is 0 Å². The predicted octanol–water partition coefficient (Wildman–Crippen LogP) is 5.03. The van der Waals surface area contributed by atoms with Crippen molar-refractivity contribution in [2.24, 2.45) is 0 Å². The molecule has 0 saturated carbocycles. The Labute approximate surface area is 145 Å². The van der Waals surface area contributed by atoms with Crippen LogP contribution in [0.15, 0.2) is 61.2 Å². The summed E-state index contributed by atoms with van der Waals surface area (Å²) in [6.45, 7) is 0. The number of fused-ring (bicyclic) bond motifs is 2. The average Bonchev–Trinajstić information content (AvgIpc) is 3.24. The normalized spacial score (nSPS) is 11.3. The number of hydrogen-bond donors (Lipinski definition) is 0. The third-order valence-electron chi connectivity index (χ3n) is 3.75. The van der Waals surface area contributed by atoms with E-state index in [0.717, 1.165) is 41.6 Å². The first-order valence-electron chi connectivity index (χ1n) is 7.39. The first kappa shape index (κ1) is 13.7. The van der Waals surface area contributed by atoms with Crippen molar-refractivity contribution in [3.8, 4) is 21.1 Å². The van der Waals surface area contributed by atoms with Crippen molar-refractivity contribution in [3.05, 3.63) is 61.2 Å². The summed E-state index contributed by atoms with van der Waals surface area (Å²) in [5, 5.41) is 2.03. The minimum Gasteiger partial charge on any atom is -0.265 e. The van der Waals surface area contributed by atoms with Gasteiger partial charge >= 0.3 is 0 Å². The van der Waals surface area contributed by atoms with Crippen LogP contribution >= 0.6 is 22.7 Å². The number of nitrogens with zero attached hydrogens (tertiary/aromatic N) is 4. The molecule has 114 valence electrons. The van der Waals surface area contributed by atoms with Gasteiger partial charge in [0.15, 0.2) is 0 Å². The van der Waals surface area contributed by atoms with E-state index in [1.807, 2.05) is 24.3 Å². The van der Waals surface area contributed by atoms with E-state index in [1.165, 1.54) is 0 Å². The summed E-state index contributed by atoms with van der Waals surface area (Å²) in [4.78, 5) is 17.7. The van der Waals surface area contributed by atoms with Gasteiger partial charge in [-0.15, -0.1) is 22.7 Å². The van der Waals surface area contributed by atoms with Gasteiger partial charge in [0.2, 0.25) is 0 Å². The van der Waals surface area contributed by atoms with Crippen LogP contribution in [-0.4, -0.2) is 19.9 Å². The topological polar surface area (TPSA) is 51.6 Å². The number of thiazole rings is 2. The number of aromatic nitrogens is 4. The highest BCUT2D eigenvalue weighted by atomic mass is 32.1. The molecule has 0 saturated heterocycles. The van der Waals surface area contributed by atoms with E-state index in [0.29, 0.717) is 0 Å². The van der Waals surface area contributed by atoms with Crippen LogP contribution in [0.4, 0.5) is 0 Å². The van der Waals surface area contributed by atoms with Gasteiger partial charge in [0.05, 0.1) is 20.4 Å². The summed E-state index contributed by atoms with van der Waals surface area (Å²) < 4.78 is 2.31. The quantitative estimate of drug-likeness (QED) is 0.450. The molecule has 0 N–H and O–H groups in total. The molecule has 0 unspecified atom stereocenters. The lowest BCUT2D eigenvalue weighted by atomic mass is 10.3. The van der Waals surface area contributed by atoms with Gasteiger partial charge in [-0.1, -0.05) is 0 Å². The summed E-state index contributed by atoms with van der Waals surface area (Å²) in [5.74, 6) is 0. The number of rotatable bonds is 2. The summed E-state index contributed by atoms with van der Waals surface area (Å²) in [6.07, 6.45) is 7.18. The smallest absolute Gasteiger partial charge is 0.124 e. The standard InChI is InChI=1S/C18H10N4S2/c1-5-19-6-2-11(1)17-21-13-9-16-14(10-15(13)23-17)22-18(24-16)12-3-7-20-8-4-12/h1-10H. The second-order valence-corrected chi connectivity index (χ2v) is 7.36. The molecule has 0 spiro atoms. The fourth-order valence-electron chi connectivity index (χ4n) is 2.59. The Balaban J connectivity index is 1.65. The van der Waals surface area contributed by atoms with Crippen LogP contribution in [0.25, 0.3) is 41.6 Å². The molecule has 5 rings (SSSR count). The van der Waals surface area contributed by atoms with E-state index in [2.05, 4.69) is 22.1 Å². The van der Waals surface area contributed by atoms with Crippen molar-refractivity contribution in [1.82, 2.24) is 19.9 Å². The molecule has 4 heterocycles. The predicted molar refractivity (Wildman–Crippen MR) is 99.3 cm³/mol. The minimum absolute atomic E-state index is 1.01. The van der Waals surface area contributed by atoms with Gasteiger partial charge in [0.25, 0.3) is 0 Å². The Kier molecular flexibility index (Phi) is 3.11. The van der Waals surface area contributed by atoms with Crippen molar-refractivity contribution >= 4 is 43.1 Å². The van der Waals surface area contributed by atoms with Crippen molar-refractivity contribution < 1.29 is 0 Å². The lowest BCUT2D eigenvalue weighted by Gasteiger charge is -1.92. The van der Waals surface area contributed by atoms with Crippen LogP contribution in [0, 0.1) is 0 Å². The van der Waals surface area contributed by atoms with E-state index in [9.17, 15) is 0 Å². The minimum atomic E-state index is 1.01. The summed E-state index contributed by atoms with van der Waals surface area (Å²) in [6, 6.07) is 12.2. The van der Waals surface area contributed by atoms with E-state index in [1.54, 1.807) is 47.5 Å². The molecule has 0 aliphatic heterocycles. The highest BCUT2D eigenvalue weighted by molar-refractivity contribution is 7.23. The van der Waals surface area contributed by atoms with Crippen LogP contribution in [0.2, 0.25) is 0 Å². The first-order chi connectivity index (χ1) is 11.9. The van der Waals surface area contributed by atoms with Crippen molar-refractivity contribution in [2.45, 2.75) is 0 Å². The second-order valence-electron chi connectivity index (χ2n) is 5.30. The van der Waals surface area contributed by atoms with Crippen LogP contribution in [0.5, 0.6) is 0 Å². The van der Waals surface area contributed by atoms with Crippen LogP contribution in [0.1, 0.15) is 0 Å². The maximum Gasteiger partial charge on any atom is 0.124 e. The van der Waals surface area contributed by atoms with Crippen LogP contribution in [-0.2, 0) is 0 Å². The van der Waals surface area contributed by atoms with E-state index >= 15 is 0 Å². The Bertz CT molecular complexity index is 1010. The fourth-order valence-corrected chi connectivity index (χ4v) is 4.56. The molecule has 6 heteroatoms. The van der Waals surface area contributed by atoms with Gasteiger partial charge in [-0.25, -0.2) is 9.97 Å². The number of pyridine rings is 2. The Morgan fingerprint density at radius 3 is 1.42 bits per heavy atom. The third kappa shape index (κ3) is 2.28. The molecule has 0 radical (unpaired) electrons. The molecule has 4 nitrogen and oxygen atoms in total. The molecule has 5 aromatic rings. The average molecular weight is 346 g/mol. The molecule has 0 bridgehead atoms. The summed E-state index contributed by atoms with van der Waals surface area (Å²) in [7, 11) is 0. The number of hydrogen-bond acceptors (Lipinski definition) is 6. The van der Waals surface area contributed by atoms with Gasteiger partial charge < -0.3 is 0 Å². The highest BCUT2D eigenvalue weighted by Crippen LogP contribution is 2.36. The van der Waals surface area contributed by atoms with Crippen LogP contribution in [0.3, 0.4) is 0 Å². The SMILES string of the molecule is c1cc(-c2nc3cc4sc(-c5ccncc5)nc4cc3s2)ccn1. The molecular formula is C18H10N4S2. The van der Waals surface area contributed by atoms with Crippen molar-refractivity contribution in [1.29, 1.82) is 0 Å². The summed E-state index contributed by atoms with van der Waals surface area (Å²) >= 11 is 3.37. The fraction of sp³-hybridized carbons (Fsp3) is 0. The molecule has 0 amide bonds. The highest BCUT2D eigenvalue weighted by Gasteiger charge is 2.11.